The highest BCUT2D eigenvalue weighted by Crippen LogP contribution is 2.19. The Morgan fingerprint density at radius 1 is 1.08 bits per heavy atom. The van der Waals surface area contributed by atoms with E-state index in [4.69, 9.17) is 9.84 Å². The zero-order valence-corrected chi connectivity index (χ0v) is 13.9. The lowest BCUT2D eigenvalue weighted by Gasteiger charge is -2.14. The molecule has 1 aliphatic carbocycles. The van der Waals surface area contributed by atoms with Gasteiger partial charge in [0.25, 0.3) is 0 Å². The van der Waals surface area contributed by atoms with Crippen molar-refractivity contribution >= 4 is 11.7 Å². The van der Waals surface area contributed by atoms with Crippen molar-refractivity contribution in [1.82, 2.24) is 5.32 Å². The van der Waals surface area contributed by atoms with Crippen LogP contribution in [0.15, 0.2) is 66.7 Å². The molecule has 3 N–H and O–H groups in total. The predicted octanol–water partition coefficient (Wildman–Crippen LogP) is 3.32. The number of benzene rings is 2. The molecule has 0 spiro atoms. The van der Waals surface area contributed by atoms with Crippen LogP contribution in [0.1, 0.15) is 12.0 Å². The van der Waals surface area contributed by atoms with Crippen molar-refractivity contribution in [3.05, 3.63) is 72.3 Å². The molecule has 2 atom stereocenters. The van der Waals surface area contributed by atoms with E-state index >= 15 is 0 Å². The average Bonchev–Trinajstić information content (AvgIpc) is 3.09. The molecular weight excluding hydrogens is 316 g/mol. The van der Waals surface area contributed by atoms with Gasteiger partial charge in [0.1, 0.15) is 12.4 Å². The SMILES string of the molecule is O=C(Nc1ccc(OCc2ccccc2)cc1)N[C@@H]1C=C[C@H](CO)C1. The zero-order valence-electron chi connectivity index (χ0n) is 13.9. The fourth-order valence-corrected chi connectivity index (χ4v) is 2.73. The van der Waals surface area contributed by atoms with E-state index < -0.39 is 0 Å². The molecule has 25 heavy (non-hydrogen) atoms. The van der Waals surface area contributed by atoms with E-state index in [0.717, 1.165) is 17.7 Å². The van der Waals surface area contributed by atoms with Crippen LogP contribution in [0.3, 0.4) is 0 Å². The van der Waals surface area contributed by atoms with Crippen LogP contribution >= 0.6 is 0 Å². The van der Waals surface area contributed by atoms with Gasteiger partial charge in [0, 0.05) is 24.3 Å². The van der Waals surface area contributed by atoms with Gasteiger partial charge < -0.3 is 20.5 Å². The summed E-state index contributed by atoms with van der Waals surface area (Å²) >= 11 is 0. The topological polar surface area (TPSA) is 70.6 Å². The summed E-state index contributed by atoms with van der Waals surface area (Å²) in [5.74, 6) is 0.880. The van der Waals surface area contributed by atoms with Crippen molar-refractivity contribution in [2.24, 2.45) is 5.92 Å². The smallest absolute Gasteiger partial charge is 0.319 e. The molecule has 0 bridgehead atoms. The Bertz CT molecular complexity index is 713. The molecule has 3 rings (SSSR count). The van der Waals surface area contributed by atoms with Crippen LogP contribution in [0, 0.1) is 5.92 Å². The van der Waals surface area contributed by atoms with Crippen LogP contribution in [0.4, 0.5) is 10.5 Å². The fourth-order valence-electron chi connectivity index (χ4n) is 2.73. The minimum atomic E-state index is -0.258. The van der Waals surface area contributed by atoms with E-state index in [1.807, 2.05) is 54.6 Å². The quantitative estimate of drug-likeness (QED) is 0.708. The molecule has 130 valence electrons. The maximum Gasteiger partial charge on any atom is 0.319 e. The molecule has 0 fully saturated rings. The molecule has 0 saturated heterocycles. The molecule has 0 saturated carbocycles. The molecule has 0 heterocycles. The Morgan fingerprint density at radius 3 is 2.52 bits per heavy atom. The second kappa shape index (κ2) is 8.35. The van der Waals surface area contributed by atoms with Gasteiger partial charge in [0.2, 0.25) is 0 Å². The number of anilines is 1. The molecular formula is C20H22N2O3. The molecule has 0 radical (unpaired) electrons. The lowest BCUT2D eigenvalue weighted by atomic mass is 10.1. The van der Waals surface area contributed by atoms with Crippen LogP contribution in [-0.2, 0) is 6.61 Å². The summed E-state index contributed by atoms with van der Waals surface area (Å²) in [6, 6.07) is 16.9. The third kappa shape index (κ3) is 5.09. The second-order valence-electron chi connectivity index (χ2n) is 6.07. The van der Waals surface area contributed by atoms with Gasteiger partial charge >= 0.3 is 6.03 Å². The van der Waals surface area contributed by atoms with E-state index in [1.54, 1.807) is 12.1 Å². The summed E-state index contributed by atoms with van der Waals surface area (Å²) in [4.78, 5) is 12.0. The van der Waals surface area contributed by atoms with Gasteiger partial charge in [-0.1, -0.05) is 42.5 Å². The summed E-state index contributed by atoms with van der Waals surface area (Å²) in [7, 11) is 0. The van der Waals surface area contributed by atoms with Crippen LogP contribution in [0.5, 0.6) is 5.75 Å². The summed E-state index contributed by atoms with van der Waals surface area (Å²) < 4.78 is 5.72. The van der Waals surface area contributed by atoms with Gasteiger partial charge in [-0.25, -0.2) is 4.79 Å². The number of rotatable bonds is 6. The normalized spacial score (nSPS) is 18.8. The highest BCUT2D eigenvalue weighted by atomic mass is 16.5. The number of hydrogen-bond acceptors (Lipinski definition) is 3. The summed E-state index contributed by atoms with van der Waals surface area (Å²) in [6.07, 6.45) is 4.58. The molecule has 0 unspecified atom stereocenters. The summed E-state index contributed by atoms with van der Waals surface area (Å²) in [5.41, 5.74) is 1.81. The maximum absolute atomic E-state index is 12.0. The van der Waals surface area contributed by atoms with Crippen molar-refractivity contribution in [2.75, 3.05) is 11.9 Å². The Morgan fingerprint density at radius 2 is 1.84 bits per heavy atom. The number of amides is 2. The molecule has 1 aliphatic rings. The maximum atomic E-state index is 12.0. The first-order valence-corrected chi connectivity index (χ1v) is 8.36. The minimum absolute atomic E-state index is 0.0365. The van der Waals surface area contributed by atoms with Crippen LogP contribution in [-0.4, -0.2) is 23.8 Å². The number of nitrogens with one attached hydrogen (secondary N) is 2. The second-order valence-corrected chi connectivity index (χ2v) is 6.07. The monoisotopic (exact) mass is 338 g/mol. The molecule has 2 aromatic rings. The van der Waals surface area contributed by atoms with Gasteiger partial charge in [-0.3, -0.25) is 0 Å². The number of carbonyl (C=O) groups excluding carboxylic acids is 1. The number of aliphatic hydroxyl groups is 1. The van der Waals surface area contributed by atoms with Crippen molar-refractivity contribution in [2.45, 2.75) is 19.1 Å². The van der Waals surface area contributed by atoms with E-state index in [1.165, 1.54) is 0 Å². The lowest BCUT2D eigenvalue weighted by Crippen LogP contribution is -2.36. The first kappa shape index (κ1) is 17.0. The van der Waals surface area contributed by atoms with Crippen molar-refractivity contribution < 1.29 is 14.6 Å². The lowest BCUT2D eigenvalue weighted by molar-refractivity contribution is 0.238. The van der Waals surface area contributed by atoms with Gasteiger partial charge in [0.15, 0.2) is 0 Å². The van der Waals surface area contributed by atoms with Crippen LogP contribution in [0.2, 0.25) is 0 Å². The van der Waals surface area contributed by atoms with Crippen LogP contribution < -0.4 is 15.4 Å². The molecule has 0 aromatic heterocycles. The first-order valence-electron chi connectivity index (χ1n) is 8.36. The van der Waals surface area contributed by atoms with Gasteiger partial charge in [-0.05, 0) is 36.2 Å². The van der Waals surface area contributed by atoms with E-state index in [0.29, 0.717) is 12.3 Å². The van der Waals surface area contributed by atoms with Gasteiger partial charge in [-0.15, -0.1) is 0 Å². The average molecular weight is 338 g/mol. The number of carbonyl (C=O) groups is 1. The number of ether oxygens (including phenoxy) is 1. The Hall–Kier alpha value is -2.79. The first-order chi connectivity index (χ1) is 12.2. The largest absolute Gasteiger partial charge is 0.489 e. The standard InChI is InChI=1S/C20H22N2O3/c23-13-16-6-7-18(12-16)22-20(24)21-17-8-10-19(11-9-17)25-14-15-4-2-1-3-5-15/h1-11,16,18,23H,12-14H2,(H2,21,22,24)/t16-,18+/m0/s1. The summed E-state index contributed by atoms with van der Waals surface area (Å²) in [5, 5.41) is 14.8. The van der Waals surface area contributed by atoms with Crippen molar-refractivity contribution in [3.8, 4) is 5.75 Å². The Balaban J connectivity index is 1.46. The van der Waals surface area contributed by atoms with E-state index in [-0.39, 0.29) is 24.6 Å². The van der Waals surface area contributed by atoms with Gasteiger partial charge in [-0.2, -0.15) is 0 Å². The van der Waals surface area contributed by atoms with Crippen LogP contribution in [0.25, 0.3) is 0 Å². The zero-order chi connectivity index (χ0) is 17.5. The number of aliphatic hydroxyl groups excluding tert-OH is 1. The minimum Gasteiger partial charge on any atom is -0.489 e. The Kier molecular flexibility index (Phi) is 5.69. The van der Waals surface area contributed by atoms with Crippen molar-refractivity contribution in [1.29, 1.82) is 0 Å². The summed E-state index contributed by atoms with van der Waals surface area (Å²) in [6.45, 7) is 0.620. The van der Waals surface area contributed by atoms with E-state index in [9.17, 15) is 4.79 Å². The Labute approximate surface area is 147 Å². The highest BCUT2D eigenvalue weighted by molar-refractivity contribution is 5.89. The molecule has 5 nitrogen and oxygen atoms in total. The molecule has 5 heteroatoms. The third-order valence-corrected chi connectivity index (χ3v) is 4.08. The predicted molar refractivity (Wildman–Crippen MR) is 97.5 cm³/mol. The molecule has 2 aromatic carbocycles. The van der Waals surface area contributed by atoms with Gasteiger partial charge in [0.05, 0.1) is 0 Å². The third-order valence-electron chi connectivity index (χ3n) is 4.08. The number of hydrogen-bond donors (Lipinski definition) is 3. The fraction of sp³-hybridized carbons (Fsp3) is 0.250. The van der Waals surface area contributed by atoms with Crippen molar-refractivity contribution in [3.63, 3.8) is 0 Å². The number of urea groups is 1. The highest BCUT2D eigenvalue weighted by Gasteiger charge is 2.19. The molecule has 0 aliphatic heterocycles. The molecule has 2 amide bonds. The van der Waals surface area contributed by atoms with E-state index in [2.05, 4.69) is 10.6 Å².